The van der Waals surface area contributed by atoms with E-state index >= 15 is 0 Å². The largest absolute Gasteiger partial charge is 0.309 e. The van der Waals surface area contributed by atoms with Crippen LogP contribution < -0.4 is 5.32 Å². The van der Waals surface area contributed by atoms with Crippen LogP contribution in [0, 0.1) is 11.6 Å². The van der Waals surface area contributed by atoms with E-state index in [-0.39, 0.29) is 11.6 Å². The molecule has 0 saturated carbocycles. The van der Waals surface area contributed by atoms with Gasteiger partial charge >= 0.3 is 0 Å². The molecule has 1 atom stereocenters. The Morgan fingerprint density at radius 1 is 1.26 bits per heavy atom. The quantitative estimate of drug-likeness (QED) is 0.527. The summed E-state index contributed by atoms with van der Waals surface area (Å²) in [7, 11) is 0. The molecule has 1 nitrogen and oxygen atoms in total. The molecular formula is C14H20BrF2NS. The van der Waals surface area contributed by atoms with E-state index in [1.165, 1.54) is 12.1 Å². The third kappa shape index (κ3) is 5.04. The average molecular weight is 352 g/mol. The third-order valence-corrected chi connectivity index (χ3v) is 4.58. The van der Waals surface area contributed by atoms with Gasteiger partial charge in [-0.25, -0.2) is 8.78 Å². The van der Waals surface area contributed by atoms with Crippen molar-refractivity contribution in [3.8, 4) is 0 Å². The van der Waals surface area contributed by atoms with Gasteiger partial charge in [0.25, 0.3) is 0 Å². The number of benzene rings is 1. The summed E-state index contributed by atoms with van der Waals surface area (Å²) in [6.45, 7) is 4.89. The molecular weight excluding hydrogens is 332 g/mol. The molecule has 0 radical (unpaired) electrons. The molecule has 0 aliphatic heterocycles. The lowest BCUT2D eigenvalue weighted by Gasteiger charge is -2.20. The van der Waals surface area contributed by atoms with Crippen LogP contribution >= 0.6 is 27.7 Å². The van der Waals surface area contributed by atoms with Crippen molar-refractivity contribution < 1.29 is 8.78 Å². The Balaban J connectivity index is 2.92. The van der Waals surface area contributed by atoms with E-state index in [0.717, 1.165) is 25.1 Å². The van der Waals surface area contributed by atoms with Crippen molar-refractivity contribution in [2.24, 2.45) is 0 Å². The van der Waals surface area contributed by atoms with E-state index in [9.17, 15) is 8.78 Å². The van der Waals surface area contributed by atoms with E-state index in [0.29, 0.717) is 10.2 Å². The summed E-state index contributed by atoms with van der Waals surface area (Å²) in [6, 6.07) is 2.44. The first kappa shape index (κ1) is 16.9. The zero-order valence-corrected chi connectivity index (χ0v) is 13.7. The molecule has 0 spiro atoms. The van der Waals surface area contributed by atoms with Gasteiger partial charge in [-0.05, 0) is 53.2 Å². The molecule has 5 heteroatoms. The van der Waals surface area contributed by atoms with Crippen LogP contribution in [0.25, 0.3) is 0 Å². The van der Waals surface area contributed by atoms with Crippen molar-refractivity contribution in [1.82, 2.24) is 5.32 Å². The summed E-state index contributed by atoms with van der Waals surface area (Å²) in [5.41, 5.74) is 0.145. The second kappa shape index (κ2) is 8.93. The topological polar surface area (TPSA) is 12.0 Å². The van der Waals surface area contributed by atoms with E-state index in [2.05, 4.69) is 28.2 Å². The third-order valence-electron chi connectivity index (χ3n) is 2.70. The maximum Gasteiger partial charge on any atom is 0.145 e. The zero-order chi connectivity index (χ0) is 14.3. The lowest BCUT2D eigenvalue weighted by atomic mass is 10.1. The fourth-order valence-corrected chi connectivity index (χ4v) is 3.09. The van der Waals surface area contributed by atoms with Crippen molar-refractivity contribution in [2.75, 3.05) is 18.1 Å². The summed E-state index contributed by atoms with van der Waals surface area (Å²) in [5.74, 6) is 0.705. The lowest BCUT2D eigenvalue weighted by molar-refractivity contribution is 0.489. The van der Waals surface area contributed by atoms with E-state index in [1.54, 1.807) is 11.8 Å². The maximum atomic E-state index is 14.1. The minimum absolute atomic E-state index is 0.145. The standard InChI is InChI=1S/C14H20BrF2NS/c1-3-7-18-12(9-19-8-4-2)13-11(16)6-5-10(15)14(13)17/h5-6,12,18H,3-4,7-9H2,1-2H3. The van der Waals surface area contributed by atoms with Crippen LogP contribution in [0.15, 0.2) is 16.6 Å². The average Bonchev–Trinajstić information content (AvgIpc) is 2.40. The number of hydrogen-bond acceptors (Lipinski definition) is 2. The predicted octanol–water partition coefficient (Wildman–Crippen LogP) is 4.91. The normalized spacial score (nSPS) is 12.7. The molecule has 0 heterocycles. The van der Waals surface area contributed by atoms with Gasteiger partial charge < -0.3 is 5.32 Å². The summed E-state index contributed by atoms with van der Waals surface area (Å²) in [6.07, 6.45) is 2.00. The van der Waals surface area contributed by atoms with Gasteiger partial charge in [-0.3, -0.25) is 0 Å². The van der Waals surface area contributed by atoms with E-state index < -0.39 is 11.6 Å². The number of thioether (sulfide) groups is 1. The molecule has 0 aromatic heterocycles. The second-order valence-electron chi connectivity index (χ2n) is 4.34. The Hall–Kier alpha value is -0.130. The van der Waals surface area contributed by atoms with Gasteiger partial charge in [0.15, 0.2) is 0 Å². The van der Waals surface area contributed by atoms with Crippen molar-refractivity contribution in [3.63, 3.8) is 0 Å². The molecule has 0 amide bonds. The second-order valence-corrected chi connectivity index (χ2v) is 6.34. The highest BCUT2D eigenvalue weighted by Crippen LogP contribution is 2.29. The number of hydrogen-bond donors (Lipinski definition) is 1. The Kier molecular flexibility index (Phi) is 7.95. The summed E-state index contributed by atoms with van der Waals surface area (Å²) in [4.78, 5) is 0. The van der Waals surface area contributed by atoms with Crippen molar-refractivity contribution in [1.29, 1.82) is 0 Å². The van der Waals surface area contributed by atoms with Crippen molar-refractivity contribution in [3.05, 3.63) is 33.8 Å². The van der Waals surface area contributed by atoms with E-state index in [4.69, 9.17) is 0 Å². The molecule has 108 valence electrons. The molecule has 1 N–H and O–H groups in total. The Bertz CT molecular complexity index is 401. The first-order chi connectivity index (χ1) is 9.11. The Labute approximate surface area is 126 Å². The van der Waals surface area contributed by atoms with Crippen LogP contribution in [0.3, 0.4) is 0 Å². The smallest absolute Gasteiger partial charge is 0.145 e. The van der Waals surface area contributed by atoms with E-state index in [1.807, 2.05) is 6.92 Å². The summed E-state index contributed by atoms with van der Waals surface area (Å²) < 4.78 is 28.3. The van der Waals surface area contributed by atoms with Crippen LogP contribution in [0.4, 0.5) is 8.78 Å². The molecule has 1 aromatic rings. The van der Waals surface area contributed by atoms with Crippen LogP contribution in [-0.4, -0.2) is 18.1 Å². The zero-order valence-electron chi connectivity index (χ0n) is 11.3. The van der Waals surface area contributed by atoms with Crippen molar-refractivity contribution >= 4 is 27.7 Å². The Morgan fingerprint density at radius 3 is 2.63 bits per heavy atom. The fraction of sp³-hybridized carbons (Fsp3) is 0.571. The van der Waals surface area contributed by atoms with Gasteiger partial charge in [-0.2, -0.15) is 11.8 Å². The number of halogens is 3. The van der Waals surface area contributed by atoms with Gasteiger partial charge in [0, 0.05) is 17.4 Å². The number of nitrogens with one attached hydrogen (secondary N) is 1. The van der Waals surface area contributed by atoms with Crippen LogP contribution in [0.5, 0.6) is 0 Å². The highest BCUT2D eigenvalue weighted by atomic mass is 79.9. The lowest BCUT2D eigenvalue weighted by Crippen LogP contribution is -2.26. The minimum Gasteiger partial charge on any atom is -0.309 e. The fourth-order valence-electron chi connectivity index (χ4n) is 1.77. The van der Waals surface area contributed by atoms with Gasteiger partial charge in [-0.15, -0.1) is 0 Å². The molecule has 1 unspecified atom stereocenters. The van der Waals surface area contributed by atoms with Crippen molar-refractivity contribution in [2.45, 2.75) is 32.7 Å². The van der Waals surface area contributed by atoms with Gasteiger partial charge in [0.1, 0.15) is 11.6 Å². The molecule has 0 bridgehead atoms. The molecule has 19 heavy (non-hydrogen) atoms. The highest BCUT2D eigenvalue weighted by Gasteiger charge is 2.21. The molecule has 0 saturated heterocycles. The SMILES string of the molecule is CCCNC(CSCCC)c1c(F)ccc(Br)c1F. The summed E-state index contributed by atoms with van der Waals surface area (Å²) >= 11 is 4.84. The van der Waals surface area contributed by atoms with Gasteiger partial charge in [0.05, 0.1) is 4.47 Å². The molecule has 0 fully saturated rings. The molecule has 1 rings (SSSR count). The number of rotatable bonds is 8. The van der Waals surface area contributed by atoms with Crippen LogP contribution in [0.2, 0.25) is 0 Å². The van der Waals surface area contributed by atoms with Gasteiger partial charge in [-0.1, -0.05) is 13.8 Å². The minimum atomic E-state index is -0.495. The highest BCUT2D eigenvalue weighted by molar-refractivity contribution is 9.10. The maximum absolute atomic E-state index is 14.1. The predicted molar refractivity (Wildman–Crippen MR) is 82.7 cm³/mol. The van der Waals surface area contributed by atoms with Crippen LogP contribution in [0.1, 0.15) is 38.3 Å². The van der Waals surface area contributed by atoms with Gasteiger partial charge in [0.2, 0.25) is 0 Å². The molecule has 0 aliphatic rings. The molecule has 1 aromatic carbocycles. The van der Waals surface area contributed by atoms with Crippen LogP contribution in [-0.2, 0) is 0 Å². The monoisotopic (exact) mass is 351 g/mol. The first-order valence-corrected chi connectivity index (χ1v) is 8.51. The summed E-state index contributed by atoms with van der Waals surface area (Å²) in [5, 5.41) is 3.23. The first-order valence-electron chi connectivity index (χ1n) is 6.56. The Morgan fingerprint density at radius 2 is 2.00 bits per heavy atom. The molecule has 0 aliphatic carbocycles.